The maximum Gasteiger partial charge on any atom is 0.326 e. The molecule has 0 fully saturated rings. The molecule has 6 nitrogen and oxygen atoms in total. The number of rotatable bonds is 2. The molecule has 0 radical (unpaired) electrons. The maximum absolute atomic E-state index is 11.3. The number of hydrogen-bond donors (Lipinski definition) is 3. The van der Waals surface area contributed by atoms with Gasteiger partial charge in [0.15, 0.2) is 0 Å². The summed E-state index contributed by atoms with van der Waals surface area (Å²) in [4.78, 5) is 15.2. The van der Waals surface area contributed by atoms with Gasteiger partial charge in [-0.15, -0.1) is 0 Å². The lowest BCUT2D eigenvalue weighted by Gasteiger charge is -2.04. The second-order valence-corrected chi connectivity index (χ2v) is 5.77. The Bertz CT molecular complexity index is 717. The first-order chi connectivity index (χ1) is 7.89. The number of halogens is 1. The van der Waals surface area contributed by atoms with Crippen LogP contribution in [-0.4, -0.2) is 23.5 Å². The summed E-state index contributed by atoms with van der Waals surface area (Å²) in [5.41, 5.74) is -0.535. The quantitative estimate of drug-likeness (QED) is 0.711. The topological polar surface area (TPSA) is 103 Å². The van der Waals surface area contributed by atoms with Gasteiger partial charge in [0.1, 0.15) is 5.69 Å². The summed E-state index contributed by atoms with van der Waals surface area (Å²) in [6.45, 7) is 0. The minimum Gasteiger partial charge on any atom is -0.493 e. The SMILES string of the molecule is O=c1[nH]c(O)c(-c2ccccc2S(=O)(=O)Cl)[nH]1. The van der Waals surface area contributed by atoms with Crippen LogP contribution in [0.3, 0.4) is 0 Å². The number of aromatic nitrogens is 2. The molecule has 1 aromatic heterocycles. The van der Waals surface area contributed by atoms with Crippen molar-refractivity contribution < 1.29 is 13.5 Å². The lowest BCUT2D eigenvalue weighted by molar-refractivity contribution is 0.457. The van der Waals surface area contributed by atoms with E-state index in [1.165, 1.54) is 18.2 Å². The first-order valence-electron chi connectivity index (χ1n) is 4.45. The molecular weight excluding hydrogens is 268 g/mol. The molecule has 0 spiro atoms. The molecule has 2 rings (SSSR count). The monoisotopic (exact) mass is 274 g/mol. The Hall–Kier alpha value is -1.73. The molecule has 0 bridgehead atoms. The lowest BCUT2D eigenvalue weighted by atomic mass is 10.1. The van der Waals surface area contributed by atoms with E-state index < -0.39 is 20.6 Å². The molecule has 1 heterocycles. The fourth-order valence-corrected chi connectivity index (χ4v) is 2.53. The largest absolute Gasteiger partial charge is 0.493 e. The van der Waals surface area contributed by atoms with Gasteiger partial charge in [-0.2, -0.15) is 0 Å². The number of imidazole rings is 1. The van der Waals surface area contributed by atoms with Crippen molar-refractivity contribution in [2.45, 2.75) is 4.90 Å². The molecule has 1 aromatic carbocycles. The van der Waals surface area contributed by atoms with E-state index in [4.69, 9.17) is 10.7 Å². The van der Waals surface area contributed by atoms with Crippen LogP contribution in [0.25, 0.3) is 11.3 Å². The van der Waals surface area contributed by atoms with Crippen molar-refractivity contribution in [1.29, 1.82) is 0 Å². The number of hydrogen-bond acceptors (Lipinski definition) is 4. The van der Waals surface area contributed by atoms with Gasteiger partial charge in [-0.3, -0.25) is 4.98 Å². The molecule has 0 atom stereocenters. The van der Waals surface area contributed by atoms with Crippen molar-refractivity contribution in [2.75, 3.05) is 0 Å². The van der Waals surface area contributed by atoms with Crippen molar-refractivity contribution in [2.24, 2.45) is 0 Å². The predicted molar refractivity (Wildman–Crippen MR) is 61.6 cm³/mol. The van der Waals surface area contributed by atoms with Crippen molar-refractivity contribution in [1.82, 2.24) is 9.97 Å². The summed E-state index contributed by atoms with van der Waals surface area (Å²) in [6.07, 6.45) is 0. The Morgan fingerprint density at radius 3 is 2.35 bits per heavy atom. The van der Waals surface area contributed by atoms with E-state index in [1.54, 1.807) is 6.07 Å². The van der Waals surface area contributed by atoms with Gasteiger partial charge in [0.25, 0.3) is 9.05 Å². The van der Waals surface area contributed by atoms with E-state index in [0.29, 0.717) is 0 Å². The second kappa shape index (κ2) is 3.94. The Morgan fingerprint density at radius 2 is 1.82 bits per heavy atom. The summed E-state index contributed by atoms with van der Waals surface area (Å²) in [5, 5.41) is 9.45. The fourth-order valence-electron chi connectivity index (χ4n) is 1.45. The molecule has 90 valence electrons. The average Bonchev–Trinajstić information content (AvgIpc) is 2.56. The molecular formula is C9H7ClN2O4S. The summed E-state index contributed by atoms with van der Waals surface area (Å²) in [6, 6.07) is 5.75. The number of benzene rings is 1. The van der Waals surface area contributed by atoms with Gasteiger partial charge in [-0.25, -0.2) is 13.2 Å². The normalized spacial score (nSPS) is 11.6. The van der Waals surface area contributed by atoms with Gasteiger partial charge >= 0.3 is 5.69 Å². The van der Waals surface area contributed by atoms with E-state index in [-0.39, 0.29) is 16.2 Å². The standard InChI is InChI=1S/C9H7ClN2O4S/c10-17(15,16)6-4-2-1-3-5(6)7-8(13)12-9(14)11-7/h1-4,13H,(H2,11,12,14). The maximum atomic E-state index is 11.3. The summed E-state index contributed by atoms with van der Waals surface area (Å²) in [7, 11) is 1.30. The van der Waals surface area contributed by atoms with Gasteiger partial charge in [-0.05, 0) is 6.07 Å². The molecule has 0 saturated carbocycles. The van der Waals surface area contributed by atoms with Crippen molar-refractivity contribution in [3.8, 4) is 17.1 Å². The number of aromatic amines is 2. The zero-order valence-electron chi connectivity index (χ0n) is 8.27. The van der Waals surface area contributed by atoms with E-state index in [9.17, 15) is 18.3 Å². The van der Waals surface area contributed by atoms with Gasteiger partial charge in [0, 0.05) is 16.2 Å². The van der Waals surface area contributed by atoms with Crippen LogP contribution in [-0.2, 0) is 9.05 Å². The Morgan fingerprint density at radius 1 is 1.18 bits per heavy atom. The van der Waals surface area contributed by atoms with Gasteiger partial charge in [0.05, 0.1) is 4.90 Å². The Kier molecular flexibility index (Phi) is 2.72. The molecule has 0 saturated heterocycles. The summed E-state index contributed by atoms with van der Waals surface area (Å²) >= 11 is 0. The minimum atomic E-state index is -3.96. The predicted octanol–water partition coefficient (Wildman–Crippen LogP) is 1.00. The third-order valence-electron chi connectivity index (χ3n) is 2.13. The highest BCUT2D eigenvalue weighted by Gasteiger charge is 2.19. The Labute approximate surface area is 100 Å². The summed E-state index contributed by atoms with van der Waals surface area (Å²) < 4.78 is 22.7. The van der Waals surface area contributed by atoms with Crippen LogP contribution in [0.4, 0.5) is 0 Å². The number of aromatic hydroxyl groups is 1. The number of nitrogens with one attached hydrogen (secondary N) is 2. The van der Waals surface area contributed by atoms with E-state index in [2.05, 4.69) is 9.97 Å². The van der Waals surface area contributed by atoms with Gasteiger partial charge < -0.3 is 10.1 Å². The van der Waals surface area contributed by atoms with Crippen LogP contribution >= 0.6 is 10.7 Å². The zero-order chi connectivity index (χ0) is 12.6. The van der Waals surface area contributed by atoms with Crippen molar-refractivity contribution in [3.05, 3.63) is 34.7 Å². The highest BCUT2D eigenvalue weighted by molar-refractivity contribution is 8.13. The van der Waals surface area contributed by atoms with Gasteiger partial charge in [0.2, 0.25) is 5.88 Å². The molecule has 17 heavy (non-hydrogen) atoms. The van der Waals surface area contributed by atoms with E-state index in [1.807, 2.05) is 0 Å². The third-order valence-corrected chi connectivity index (χ3v) is 3.51. The molecule has 2 aromatic rings. The lowest BCUT2D eigenvalue weighted by Crippen LogP contribution is -2.01. The number of H-pyrrole nitrogens is 2. The fraction of sp³-hybridized carbons (Fsp3) is 0. The van der Waals surface area contributed by atoms with Crippen LogP contribution in [0, 0.1) is 0 Å². The molecule has 8 heteroatoms. The molecule has 0 amide bonds. The van der Waals surface area contributed by atoms with Crippen LogP contribution in [0.2, 0.25) is 0 Å². The third kappa shape index (κ3) is 2.20. The summed E-state index contributed by atoms with van der Waals surface area (Å²) in [5.74, 6) is -0.442. The van der Waals surface area contributed by atoms with Gasteiger partial charge in [-0.1, -0.05) is 18.2 Å². The highest BCUT2D eigenvalue weighted by Crippen LogP contribution is 2.31. The van der Waals surface area contributed by atoms with Crippen molar-refractivity contribution in [3.63, 3.8) is 0 Å². The molecule has 0 aliphatic heterocycles. The molecule has 0 aliphatic rings. The molecule has 0 aliphatic carbocycles. The van der Waals surface area contributed by atoms with E-state index >= 15 is 0 Å². The average molecular weight is 275 g/mol. The first kappa shape index (κ1) is 11.7. The second-order valence-electron chi connectivity index (χ2n) is 3.24. The smallest absolute Gasteiger partial charge is 0.326 e. The Balaban J connectivity index is 2.77. The van der Waals surface area contributed by atoms with Crippen LogP contribution in [0.1, 0.15) is 0 Å². The van der Waals surface area contributed by atoms with E-state index in [0.717, 1.165) is 0 Å². The zero-order valence-corrected chi connectivity index (χ0v) is 9.84. The van der Waals surface area contributed by atoms with Crippen molar-refractivity contribution >= 4 is 19.7 Å². The van der Waals surface area contributed by atoms with Crippen LogP contribution in [0.5, 0.6) is 5.88 Å². The van der Waals surface area contributed by atoms with Crippen LogP contribution < -0.4 is 5.69 Å². The highest BCUT2D eigenvalue weighted by atomic mass is 35.7. The molecule has 0 unspecified atom stereocenters. The van der Waals surface area contributed by atoms with Crippen LogP contribution in [0.15, 0.2) is 34.0 Å². The first-order valence-corrected chi connectivity index (χ1v) is 6.76. The minimum absolute atomic E-state index is 0.0187. The molecule has 3 N–H and O–H groups in total.